The van der Waals surface area contributed by atoms with E-state index >= 15 is 0 Å². The molecule has 1 aliphatic heterocycles. The van der Waals surface area contributed by atoms with E-state index in [1.165, 1.54) is 12.8 Å². The van der Waals surface area contributed by atoms with E-state index in [4.69, 9.17) is 10.5 Å². The Morgan fingerprint density at radius 1 is 1.24 bits per heavy atom. The number of hydrogen-bond donors (Lipinski definition) is 1. The van der Waals surface area contributed by atoms with Gasteiger partial charge in [-0.25, -0.2) is 0 Å². The van der Waals surface area contributed by atoms with Gasteiger partial charge in [-0.3, -0.25) is 4.79 Å². The Bertz CT molecular complexity index is 494. The highest BCUT2D eigenvalue weighted by Gasteiger charge is 2.42. The smallest absolute Gasteiger partial charge is 0.225 e. The number of rotatable bonds is 4. The molecule has 4 heteroatoms. The van der Waals surface area contributed by atoms with Crippen LogP contribution in [0, 0.1) is 0 Å². The summed E-state index contributed by atoms with van der Waals surface area (Å²) in [6.07, 6.45) is 5.14. The Kier molecular flexibility index (Phi) is 4.15. The van der Waals surface area contributed by atoms with Gasteiger partial charge in [-0.2, -0.15) is 0 Å². The molecule has 1 aromatic carbocycles. The Morgan fingerprint density at radius 3 is 2.52 bits per heavy atom. The zero-order valence-corrected chi connectivity index (χ0v) is 12.6. The third-order valence-corrected chi connectivity index (χ3v) is 4.65. The first-order valence-corrected chi connectivity index (χ1v) is 8.00. The second-order valence-electron chi connectivity index (χ2n) is 6.05. The Hall–Kier alpha value is -1.55. The van der Waals surface area contributed by atoms with E-state index in [1.807, 2.05) is 19.1 Å². The number of nitrogens with zero attached hydrogens (tertiary/aromatic N) is 1. The average Bonchev–Trinajstić information content (AvgIpc) is 3.08. The summed E-state index contributed by atoms with van der Waals surface area (Å²) in [7, 11) is 0. The van der Waals surface area contributed by atoms with E-state index in [1.54, 1.807) is 0 Å². The summed E-state index contributed by atoms with van der Waals surface area (Å²) in [6.45, 7) is 2.64. The van der Waals surface area contributed by atoms with Crippen molar-refractivity contribution < 1.29 is 9.53 Å². The predicted molar refractivity (Wildman–Crippen MR) is 82.0 cm³/mol. The van der Waals surface area contributed by atoms with Gasteiger partial charge in [0.05, 0.1) is 12.6 Å². The van der Waals surface area contributed by atoms with Crippen LogP contribution in [-0.2, 0) is 4.79 Å². The van der Waals surface area contributed by atoms with Crippen LogP contribution in [0.3, 0.4) is 0 Å². The lowest BCUT2D eigenvalue weighted by molar-refractivity contribution is -0.131. The van der Waals surface area contributed by atoms with E-state index < -0.39 is 0 Å². The average molecular weight is 288 g/mol. The molecular weight excluding hydrogens is 264 g/mol. The maximum Gasteiger partial charge on any atom is 0.225 e. The Balaban J connectivity index is 1.84. The van der Waals surface area contributed by atoms with Crippen LogP contribution in [0.1, 0.15) is 50.6 Å². The highest BCUT2D eigenvalue weighted by molar-refractivity contribution is 5.80. The number of benzene rings is 1. The lowest BCUT2D eigenvalue weighted by Crippen LogP contribution is -2.39. The van der Waals surface area contributed by atoms with Gasteiger partial charge in [-0.05, 0) is 37.5 Å². The molecule has 3 rings (SSSR count). The van der Waals surface area contributed by atoms with E-state index in [9.17, 15) is 4.79 Å². The predicted octanol–water partition coefficient (Wildman–Crippen LogP) is 2.63. The summed E-state index contributed by atoms with van der Waals surface area (Å²) < 4.78 is 5.49. The molecule has 0 radical (unpaired) electrons. The van der Waals surface area contributed by atoms with Crippen molar-refractivity contribution in [2.45, 2.75) is 57.2 Å². The lowest BCUT2D eigenvalue weighted by Gasteiger charge is -2.32. The van der Waals surface area contributed by atoms with Gasteiger partial charge >= 0.3 is 0 Å². The van der Waals surface area contributed by atoms with Gasteiger partial charge in [0.25, 0.3) is 0 Å². The van der Waals surface area contributed by atoms with Crippen molar-refractivity contribution in [1.29, 1.82) is 0 Å². The molecule has 1 amide bonds. The van der Waals surface area contributed by atoms with Crippen molar-refractivity contribution in [2.75, 3.05) is 6.61 Å². The summed E-state index contributed by atoms with van der Waals surface area (Å²) in [6, 6.07) is 8.35. The second-order valence-corrected chi connectivity index (χ2v) is 6.05. The van der Waals surface area contributed by atoms with E-state index in [0.29, 0.717) is 19.1 Å². The molecule has 0 bridgehead atoms. The molecule has 4 nitrogen and oxygen atoms in total. The highest BCUT2D eigenvalue weighted by Crippen LogP contribution is 2.38. The third-order valence-electron chi connectivity index (χ3n) is 4.65. The van der Waals surface area contributed by atoms with Gasteiger partial charge < -0.3 is 15.4 Å². The summed E-state index contributed by atoms with van der Waals surface area (Å²) in [5.41, 5.74) is 7.39. The molecular formula is C17H24N2O2. The van der Waals surface area contributed by atoms with Crippen molar-refractivity contribution >= 4 is 5.91 Å². The van der Waals surface area contributed by atoms with Gasteiger partial charge in [-0.1, -0.05) is 25.0 Å². The molecule has 2 fully saturated rings. The van der Waals surface area contributed by atoms with Crippen LogP contribution in [-0.4, -0.2) is 29.5 Å². The molecule has 2 atom stereocenters. The molecule has 2 N–H and O–H groups in total. The minimum absolute atomic E-state index is 0.0243. The fourth-order valence-corrected chi connectivity index (χ4v) is 3.73. The van der Waals surface area contributed by atoms with Gasteiger partial charge in [0.2, 0.25) is 5.91 Å². The molecule has 1 heterocycles. The quantitative estimate of drug-likeness (QED) is 0.926. The first-order valence-electron chi connectivity index (χ1n) is 8.00. The number of hydrogen-bond acceptors (Lipinski definition) is 3. The van der Waals surface area contributed by atoms with Crippen LogP contribution in [0.25, 0.3) is 0 Å². The first-order chi connectivity index (χ1) is 10.2. The second kappa shape index (κ2) is 6.06. The minimum Gasteiger partial charge on any atom is -0.494 e. The molecule has 1 aromatic rings. The number of likely N-dealkylation sites (tertiary alicyclic amines) is 1. The van der Waals surface area contributed by atoms with Crippen molar-refractivity contribution in [2.24, 2.45) is 5.73 Å². The zero-order valence-electron chi connectivity index (χ0n) is 12.6. The molecule has 114 valence electrons. The Morgan fingerprint density at radius 2 is 1.90 bits per heavy atom. The molecule has 1 saturated carbocycles. The van der Waals surface area contributed by atoms with Crippen molar-refractivity contribution in [3.63, 3.8) is 0 Å². The van der Waals surface area contributed by atoms with Crippen molar-refractivity contribution in [3.05, 3.63) is 29.8 Å². The summed E-state index contributed by atoms with van der Waals surface area (Å²) in [5, 5.41) is 0. The number of carbonyl (C=O) groups is 1. The fourth-order valence-electron chi connectivity index (χ4n) is 3.73. The molecule has 0 spiro atoms. The molecule has 2 aliphatic rings. The standard InChI is InChI=1S/C17H24N2O2/c1-2-21-14-9-7-12(8-10-14)17-15(18)11-16(20)19(17)13-5-3-4-6-13/h7-10,13,15,17H,2-6,11,18H2,1H3. The number of carbonyl (C=O) groups excluding carboxylic acids is 1. The van der Waals surface area contributed by atoms with E-state index in [0.717, 1.165) is 24.2 Å². The molecule has 1 aliphatic carbocycles. The normalized spacial score (nSPS) is 26.6. The summed E-state index contributed by atoms with van der Waals surface area (Å²) in [5.74, 6) is 1.08. The first kappa shape index (κ1) is 14.4. The van der Waals surface area contributed by atoms with Crippen LogP contribution in [0.4, 0.5) is 0 Å². The van der Waals surface area contributed by atoms with E-state index in [-0.39, 0.29) is 18.0 Å². The largest absolute Gasteiger partial charge is 0.494 e. The van der Waals surface area contributed by atoms with Gasteiger partial charge in [0, 0.05) is 18.5 Å². The number of amides is 1. The molecule has 2 unspecified atom stereocenters. The minimum atomic E-state index is -0.101. The summed E-state index contributed by atoms with van der Waals surface area (Å²) >= 11 is 0. The van der Waals surface area contributed by atoms with Gasteiger partial charge in [-0.15, -0.1) is 0 Å². The zero-order chi connectivity index (χ0) is 14.8. The molecule has 1 saturated heterocycles. The van der Waals surface area contributed by atoms with Crippen LogP contribution in [0.15, 0.2) is 24.3 Å². The monoisotopic (exact) mass is 288 g/mol. The SMILES string of the molecule is CCOc1ccc(C2C(N)CC(=O)N2C2CCCC2)cc1. The van der Waals surface area contributed by atoms with Crippen molar-refractivity contribution in [1.82, 2.24) is 4.90 Å². The number of nitrogens with two attached hydrogens (primary N) is 1. The molecule has 21 heavy (non-hydrogen) atoms. The van der Waals surface area contributed by atoms with Gasteiger partial charge in [0.15, 0.2) is 0 Å². The van der Waals surface area contributed by atoms with Crippen LogP contribution < -0.4 is 10.5 Å². The fraction of sp³-hybridized carbons (Fsp3) is 0.588. The van der Waals surface area contributed by atoms with Crippen molar-refractivity contribution in [3.8, 4) is 5.75 Å². The third kappa shape index (κ3) is 2.77. The van der Waals surface area contributed by atoms with Crippen LogP contribution >= 0.6 is 0 Å². The van der Waals surface area contributed by atoms with E-state index in [2.05, 4.69) is 17.0 Å². The Labute approximate surface area is 126 Å². The highest BCUT2D eigenvalue weighted by atomic mass is 16.5. The number of ether oxygens (including phenoxy) is 1. The van der Waals surface area contributed by atoms with Gasteiger partial charge in [0.1, 0.15) is 5.75 Å². The topological polar surface area (TPSA) is 55.6 Å². The maximum absolute atomic E-state index is 12.3. The maximum atomic E-state index is 12.3. The van der Waals surface area contributed by atoms with Crippen LogP contribution in [0.2, 0.25) is 0 Å². The molecule has 0 aromatic heterocycles. The lowest BCUT2D eigenvalue weighted by atomic mass is 9.99. The van der Waals surface area contributed by atoms with Crippen LogP contribution in [0.5, 0.6) is 5.75 Å². The summed E-state index contributed by atoms with van der Waals surface area (Å²) in [4.78, 5) is 14.4.